The topological polar surface area (TPSA) is 29.9 Å². The first kappa shape index (κ1) is 15.1. The number of nitrogens with one attached hydrogen (secondary N) is 1. The molecule has 2 atom stereocenters. The lowest BCUT2D eigenvalue weighted by molar-refractivity contribution is 0.476. The molecule has 1 aliphatic heterocycles. The Labute approximate surface area is 151 Å². The zero-order valence-corrected chi connectivity index (χ0v) is 14.1. The van der Waals surface area contributed by atoms with Crippen LogP contribution in [0.3, 0.4) is 0 Å². The molecule has 0 aliphatic carbocycles. The number of halogens is 1. The summed E-state index contributed by atoms with van der Waals surface area (Å²) in [5.74, 6) is 0.652. The second kappa shape index (κ2) is 5.99. The van der Waals surface area contributed by atoms with Crippen molar-refractivity contribution in [2.45, 2.75) is 18.5 Å². The third-order valence-electron chi connectivity index (χ3n) is 5.13. The molecular formula is C22H18FN3. The molecule has 1 N–H and O–H groups in total. The molecule has 0 saturated heterocycles. The summed E-state index contributed by atoms with van der Waals surface area (Å²) >= 11 is 0. The molecule has 1 aromatic heterocycles. The molecule has 3 aromatic carbocycles. The van der Waals surface area contributed by atoms with Crippen LogP contribution in [0.25, 0.3) is 11.0 Å². The molecule has 5 rings (SSSR count). The lowest BCUT2D eigenvalue weighted by Crippen LogP contribution is -2.27. The number of aromatic nitrogens is 2. The van der Waals surface area contributed by atoms with Crippen molar-refractivity contribution in [1.82, 2.24) is 9.55 Å². The van der Waals surface area contributed by atoms with Crippen LogP contribution in [-0.2, 0) is 0 Å². The highest BCUT2D eigenvalue weighted by Crippen LogP contribution is 2.40. The van der Waals surface area contributed by atoms with Crippen LogP contribution in [0.4, 0.5) is 10.3 Å². The molecule has 2 heterocycles. The van der Waals surface area contributed by atoms with Gasteiger partial charge in [0.2, 0.25) is 5.95 Å². The molecule has 0 fully saturated rings. The number of imidazole rings is 1. The number of rotatable bonds is 2. The van der Waals surface area contributed by atoms with E-state index >= 15 is 0 Å². The highest BCUT2D eigenvalue weighted by Gasteiger charge is 2.30. The molecule has 0 unspecified atom stereocenters. The molecule has 26 heavy (non-hydrogen) atoms. The SMILES string of the molecule is Fc1ccc([C@H]2C[C@H](c3ccccc3)Nc3nc4ccccc4n32)cc1. The van der Waals surface area contributed by atoms with Gasteiger partial charge in [-0.15, -0.1) is 0 Å². The number of para-hydroxylation sites is 2. The average molecular weight is 343 g/mol. The van der Waals surface area contributed by atoms with Crippen LogP contribution in [-0.4, -0.2) is 9.55 Å². The predicted octanol–water partition coefficient (Wildman–Crippen LogP) is 5.32. The van der Waals surface area contributed by atoms with Gasteiger partial charge < -0.3 is 9.88 Å². The van der Waals surface area contributed by atoms with E-state index in [1.54, 1.807) is 0 Å². The molecule has 0 bridgehead atoms. The van der Waals surface area contributed by atoms with Crippen molar-refractivity contribution >= 4 is 17.0 Å². The van der Waals surface area contributed by atoms with Crippen LogP contribution in [0, 0.1) is 5.82 Å². The maximum absolute atomic E-state index is 13.5. The van der Waals surface area contributed by atoms with Crippen LogP contribution in [0.2, 0.25) is 0 Å². The molecular weight excluding hydrogens is 325 g/mol. The fraction of sp³-hybridized carbons (Fsp3) is 0.136. The van der Waals surface area contributed by atoms with Gasteiger partial charge in [-0.3, -0.25) is 0 Å². The number of hydrogen-bond donors (Lipinski definition) is 1. The molecule has 0 radical (unpaired) electrons. The van der Waals surface area contributed by atoms with E-state index < -0.39 is 0 Å². The maximum Gasteiger partial charge on any atom is 0.204 e. The lowest BCUT2D eigenvalue weighted by Gasteiger charge is -2.33. The monoisotopic (exact) mass is 343 g/mol. The average Bonchev–Trinajstić information content (AvgIpc) is 3.07. The number of fused-ring (bicyclic) bond motifs is 3. The van der Waals surface area contributed by atoms with Gasteiger partial charge in [-0.25, -0.2) is 9.37 Å². The Morgan fingerprint density at radius 1 is 0.846 bits per heavy atom. The summed E-state index contributed by atoms with van der Waals surface area (Å²) in [6, 6.07) is 25.7. The Kier molecular flexibility index (Phi) is 3.49. The van der Waals surface area contributed by atoms with E-state index in [9.17, 15) is 4.39 Å². The van der Waals surface area contributed by atoms with Crippen molar-refractivity contribution in [2.24, 2.45) is 0 Å². The second-order valence-corrected chi connectivity index (χ2v) is 6.70. The quantitative estimate of drug-likeness (QED) is 0.534. The molecule has 0 saturated carbocycles. The summed E-state index contributed by atoms with van der Waals surface area (Å²) in [6.07, 6.45) is 0.878. The molecule has 4 aromatic rings. The summed E-state index contributed by atoms with van der Waals surface area (Å²) in [6.45, 7) is 0. The molecule has 0 amide bonds. The van der Waals surface area contributed by atoms with Crippen LogP contribution < -0.4 is 5.32 Å². The standard InChI is InChI=1S/C22H18FN3/c23-17-12-10-16(11-13-17)21-14-19(15-6-2-1-3-7-15)25-22-24-18-8-4-5-9-20(18)26(21)22/h1-13,19,21H,14H2,(H,24,25)/t19-,21-/m1/s1. The van der Waals surface area contributed by atoms with Crippen molar-refractivity contribution in [3.63, 3.8) is 0 Å². The van der Waals surface area contributed by atoms with Crippen molar-refractivity contribution in [3.8, 4) is 0 Å². The fourth-order valence-corrected chi connectivity index (χ4v) is 3.88. The third-order valence-corrected chi connectivity index (χ3v) is 5.13. The van der Waals surface area contributed by atoms with E-state index in [0.717, 1.165) is 29.0 Å². The first-order chi connectivity index (χ1) is 12.8. The van der Waals surface area contributed by atoms with E-state index in [1.807, 2.05) is 36.4 Å². The second-order valence-electron chi connectivity index (χ2n) is 6.70. The zero-order valence-electron chi connectivity index (χ0n) is 14.1. The van der Waals surface area contributed by atoms with E-state index in [1.165, 1.54) is 17.7 Å². The fourth-order valence-electron chi connectivity index (χ4n) is 3.88. The first-order valence-corrected chi connectivity index (χ1v) is 8.83. The molecule has 0 spiro atoms. The van der Waals surface area contributed by atoms with Crippen LogP contribution >= 0.6 is 0 Å². The Bertz CT molecular complexity index is 1050. The summed E-state index contributed by atoms with van der Waals surface area (Å²) in [5, 5.41) is 3.59. The zero-order chi connectivity index (χ0) is 17.5. The number of nitrogens with zero attached hydrogens (tertiary/aromatic N) is 2. The van der Waals surface area contributed by atoms with Gasteiger partial charge in [0.25, 0.3) is 0 Å². The predicted molar refractivity (Wildman–Crippen MR) is 102 cm³/mol. The van der Waals surface area contributed by atoms with Crippen LogP contribution in [0.15, 0.2) is 78.9 Å². The van der Waals surface area contributed by atoms with E-state index in [-0.39, 0.29) is 17.9 Å². The van der Waals surface area contributed by atoms with E-state index in [0.29, 0.717) is 0 Å². The van der Waals surface area contributed by atoms with Gasteiger partial charge in [-0.1, -0.05) is 54.6 Å². The minimum atomic E-state index is -0.210. The molecule has 4 heteroatoms. The highest BCUT2D eigenvalue weighted by molar-refractivity contribution is 5.79. The Morgan fingerprint density at radius 3 is 2.38 bits per heavy atom. The van der Waals surface area contributed by atoms with Crippen LogP contribution in [0.1, 0.15) is 29.6 Å². The summed E-state index contributed by atoms with van der Waals surface area (Å²) in [7, 11) is 0. The van der Waals surface area contributed by atoms with Crippen molar-refractivity contribution in [2.75, 3.05) is 5.32 Å². The lowest BCUT2D eigenvalue weighted by atomic mass is 9.93. The largest absolute Gasteiger partial charge is 0.349 e. The first-order valence-electron chi connectivity index (χ1n) is 8.83. The van der Waals surface area contributed by atoms with Gasteiger partial charge >= 0.3 is 0 Å². The van der Waals surface area contributed by atoms with E-state index in [4.69, 9.17) is 4.98 Å². The van der Waals surface area contributed by atoms with Crippen molar-refractivity contribution in [1.29, 1.82) is 0 Å². The smallest absolute Gasteiger partial charge is 0.204 e. The molecule has 1 aliphatic rings. The molecule has 3 nitrogen and oxygen atoms in total. The third kappa shape index (κ3) is 2.46. The number of benzene rings is 3. The van der Waals surface area contributed by atoms with Gasteiger partial charge in [0.15, 0.2) is 0 Å². The van der Waals surface area contributed by atoms with Gasteiger partial charge in [-0.2, -0.15) is 0 Å². The van der Waals surface area contributed by atoms with Gasteiger partial charge in [0.1, 0.15) is 5.82 Å². The Balaban J connectivity index is 1.67. The minimum Gasteiger partial charge on any atom is -0.349 e. The van der Waals surface area contributed by atoms with Crippen molar-refractivity contribution in [3.05, 3.63) is 95.8 Å². The minimum absolute atomic E-state index is 0.101. The Hall–Kier alpha value is -3.14. The number of hydrogen-bond acceptors (Lipinski definition) is 2. The van der Waals surface area contributed by atoms with Crippen LogP contribution in [0.5, 0.6) is 0 Å². The van der Waals surface area contributed by atoms with Gasteiger partial charge in [-0.05, 0) is 41.8 Å². The van der Waals surface area contributed by atoms with E-state index in [2.05, 4.69) is 40.2 Å². The summed E-state index contributed by atoms with van der Waals surface area (Å²) in [5.41, 5.74) is 4.39. The van der Waals surface area contributed by atoms with Crippen molar-refractivity contribution < 1.29 is 4.39 Å². The Morgan fingerprint density at radius 2 is 1.58 bits per heavy atom. The number of anilines is 1. The summed E-state index contributed by atoms with van der Waals surface area (Å²) in [4.78, 5) is 4.80. The summed E-state index contributed by atoms with van der Waals surface area (Å²) < 4.78 is 15.7. The van der Waals surface area contributed by atoms with Gasteiger partial charge in [0.05, 0.1) is 23.1 Å². The van der Waals surface area contributed by atoms with Gasteiger partial charge in [0, 0.05) is 0 Å². The molecule has 128 valence electrons. The maximum atomic E-state index is 13.5. The normalized spacial score (nSPS) is 19.1. The highest BCUT2D eigenvalue weighted by atomic mass is 19.1.